The number of phenols is 2. The van der Waals surface area contributed by atoms with Crippen LogP contribution >= 0.6 is 21.4 Å². The summed E-state index contributed by atoms with van der Waals surface area (Å²) >= 11 is 0. The minimum atomic E-state index is -1.67. The normalized spacial score (nSPS) is 18.7. The number of carboxylic acid groups (broad SMARTS) is 1. The molecule has 0 radical (unpaired) electrons. The number of halogens is 2. The second-order valence-corrected chi connectivity index (χ2v) is 37.6. The fraction of sp³-hybridized carbons (Fsp3) is 0.552. The van der Waals surface area contributed by atoms with E-state index in [2.05, 4.69) is 41.1 Å². The number of carbonyl (C=O) groups excluding carboxylic acids is 16. The van der Waals surface area contributed by atoms with E-state index < -0.39 is 116 Å². The molecule has 0 atom stereocenters. The third kappa shape index (κ3) is 40.1. The van der Waals surface area contributed by atoms with E-state index in [-0.39, 0.29) is 155 Å². The number of amides is 4. The largest absolute Gasteiger partial charge is 0.507 e. The van der Waals surface area contributed by atoms with E-state index in [1.54, 1.807) is 19.6 Å². The van der Waals surface area contributed by atoms with Crippen molar-refractivity contribution in [1.29, 1.82) is 0 Å². The van der Waals surface area contributed by atoms with E-state index in [1.165, 1.54) is 72.8 Å². The molecule has 5 saturated carbocycles. The van der Waals surface area contributed by atoms with Gasteiger partial charge in [-0.2, -0.15) is 0 Å². The molecule has 0 unspecified atom stereocenters. The van der Waals surface area contributed by atoms with Crippen molar-refractivity contribution in [2.75, 3.05) is 92.0 Å². The van der Waals surface area contributed by atoms with Crippen molar-refractivity contribution in [2.45, 2.75) is 222 Å². The summed E-state index contributed by atoms with van der Waals surface area (Å²) in [6.45, 7) is 29.3. The molecule has 37 nitrogen and oxygen atoms in total. The number of benzene rings is 4. The average Bonchev–Trinajstić information content (AvgIpc) is 0.815. The lowest BCUT2D eigenvalue weighted by atomic mass is 9.82. The van der Waals surface area contributed by atoms with Crippen molar-refractivity contribution in [3.05, 3.63) is 133 Å². The zero-order valence-corrected chi connectivity index (χ0v) is 86.2. The summed E-state index contributed by atoms with van der Waals surface area (Å²) < 4.78 is 74.1. The lowest BCUT2D eigenvalue weighted by Crippen LogP contribution is -2.33. The van der Waals surface area contributed by atoms with Crippen LogP contribution in [0.5, 0.6) is 46.0 Å². The van der Waals surface area contributed by atoms with Crippen molar-refractivity contribution < 1.29 is 158 Å². The predicted molar refractivity (Wildman–Crippen MR) is 531 cm³/mol. The van der Waals surface area contributed by atoms with Crippen LogP contribution in [0.1, 0.15) is 264 Å². The molecule has 796 valence electrons. The van der Waals surface area contributed by atoms with Gasteiger partial charge in [-0.25, -0.2) is 18.6 Å². The minimum Gasteiger partial charge on any atom is -0.507 e. The highest BCUT2D eigenvalue weighted by Gasteiger charge is 2.40. The number of rotatable bonds is 46. The number of aromatic hydroxyl groups is 2. The zero-order valence-electron chi connectivity index (χ0n) is 83.9. The maximum absolute atomic E-state index is 13.8. The Balaban J connectivity index is 0.000000403. The summed E-state index contributed by atoms with van der Waals surface area (Å²) in [5.74, 6) is -12.0. The Labute approximate surface area is 857 Å². The van der Waals surface area contributed by atoms with Gasteiger partial charge in [-0.15, -0.1) is 0 Å². The maximum Gasteiger partial charge on any atom is 0.330 e. The number of hydrogen-bond donors (Lipinski definition) is 3. The second kappa shape index (κ2) is 64.3. The summed E-state index contributed by atoms with van der Waals surface area (Å²) in [6.07, 6.45) is 14.9. The third-order valence-electron chi connectivity index (χ3n) is 25.8. The van der Waals surface area contributed by atoms with Gasteiger partial charge in [-0.05, 0) is 295 Å². The minimum absolute atomic E-state index is 0.0125. The molecule has 3 N–H and O–H groups in total. The number of esters is 12. The van der Waals surface area contributed by atoms with E-state index in [9.17, 15) is 91.7 Å². The Hall–Kier alpha value is -12.6. The Kier molecular flexibility index (Phi) is 53.7. The zero-order chi connectivity index (χ0) is 107. The number of carbonyl (C=O) groups is 17. The van der Waals surface area contributed by atoms with Gasteiger partial charge in [0.05, 0.1) is 121 Å². The molecule has 4 aromatic rings. The molecule has 9 rings (SSSR count). The summed E-state index contributed by atoms with van der Waals surface area (Å²) in [7, 11) is 7.36. The molecule has 0 spiro atoms. The Morgan fingerprint density at radius 3 is 0.676 bits per heavy atom. The quantitative estimate of drug-likeness (QED) is 0.00923. The fourth-order valence-electron chi connectivity index (χ4n) is 17.1. The molecule has 0 saturated heterocycles. The van der Waals surface area contributed by atoms with E-state index in [0.29, 0.717) is 226 Å². The SMILES string of the molecule is C=CC(=O)OCCCCOC(=O)C1CCC(C(=O)O)CC1.C=CC(=O)OCCCCOC(=O)C1CCC(C(=O)Oc2ccc(OC(=O)C3CCC(C(=O)Oc4ccc(OC(=O)C5CCC(C(=O)OCCCCOC(=O)C=C)CC5)c(C(=O)N(CC)CC)c4)CC3)cc2C(=O)N(CC)CC)CC1.CCN(CC)C(=O)c1cc(OC(=O)C2CCC(C(=O)Oc3ccc(O)c(C(=O)N(CC)CC)c3)CC2)ccc1O.O=S(Cl)Cl. The molecule has 145 heavy (non-hydrogen) atoms. The van der Waals surface area contributed by atoms with Crippen LogP contribution in [0.4, 0.5) is 0 Å². The van der Waals surface area contributed by atoms with E-state index >= 15 is 0 Å². The molecule has 5 fully saturated rings. The van der Waals surface area contributed by atoms with E-state index in [1.807, 2.05) is 55.4 Å². The number of hydrogen-bond acceptors (Lipinski definition) is 32. The van der Waals surface area contributed by atoms with Gasteiger partial charge in [0.1, 0.15) is 46.0 Å². The molecular formula is C105H138Cl2N4O33S. The first-order chi connectivity index (χ1) is 69.4. The fourth-order valence-corrected chi connectivity index (χ4v) is 17.1. The first kappa shape index (κ1) is 121. The van der Waals surface area contributed by atoms with Crippen molar-refractivity contribution in [1.82, 2.24) is 19.6 Å². The van der Waals surface area contributed by atoms with Crippen molar-refractivity contribution >= 4 is 132 Å². The summed E-state index contributed by atoms with van der Waals surface area (Å²) in [4.78, 5) is 220. The number of carboxylic acids is 1. The summed E-state index contributed by atoms with van der Waals surface area (Å²) in [6, 6.07) is 16.8. The molecule has 0 aliphatic heterocycles. The van der Waals surface area contributed by atoms with Gasteiger partial charge in [0, 0.05) is 92.0 Å². The molecular weight excluding hydrogens is 1950 g/mol. The summed E-state index contributed by atoms with van der Waals surface area (Å²) in [5, 5.41) is 29.2. The van der Waals surface area contributed by atoms with Gasteiger partial charge in [-0.3, -0.25) is 67.1 Å². The molecule has 4 aromatic carbocycles. The Bertz CT molecular complexity index is 4810. The highest BCUT2D eigenvalue weighted by molar-refractivity contribution is 8.26. The lowest BCUT2D eigenvalue weighted by Gasteiger charge is -2.27. The highest BCUT2D eigenvalue weighted by Crippen LogP contribution is 2.40. The van der Waals surface area contributed by atoms with Crippen LogP contribution in [0.3, 0.4) is 0 Å². The van der Waals surface area contributed by atoms with Gasteiger partial charge >= 0.3 is 77.6 Å². The average molecular weight is 2090 g/mol. The van der Waals surface area contributed by atoms with Crippen molar-refractivity contribution in [3.8, 4) is 46.0 Å². The Morgan fingerprint density at radius 1 is 0.290 bits per heavy atom. The van der Waals surface area contributed by atoms with Crippen LogP contribution in [-0.4, -0.2) is 232 Å². The monoisotopic (exact) mass is 2080 g/mol. The van der Waals surface area contributed by atoms with Crippen LogP contribution in [0, 0.1) is 59.2 Å². The number of ether oxygens (including phenoxy) is 12. The molecule has 0 aromatic heterocycles. The predicted octanol–water partition coefficient (Wildman–Crippen LogP) is 15.8. The number of aliphatic carboxylic acids is 1. The highest BCUT2D eigenvalue weighted by atomic mass is 36.0. The second-order valence-electron chi connectivity index (χ2n) is 35.1. The van der Waals surface area contributed by atoms with E-state index in [0.717, 1.165) is 18.2 Å². The van der Waals surface area contributed by atoms with Gasteiger partial charge < -0.3 is 91.8 Å². The molecule has 5 aliphatic rings. The molecule has 0 heterocycles. The number of unbranched alkanes of at least 4 members (excludes halogenated alkanes) is 3. The van der Waals surface area contributed by atoms with Crippen LogP contribution in [0.15, 0.2) is 111 Å². The molecule has 5 aliphatic carbocycles. The topological polar surface area (TPSA) is 492 Å². The van der Waals surface area contributed by atoms with Crippen molar-refractivity contribution in [3.63, 3.8) is 0 Å². The van der Waals surface area contributed by atoms with Crippen molar-refractivity contribution in [2.24, 2.45) is 59.2 Å². The van der Waals surface area contributed by atoms with E-state index in [4.69, 9.17) is 66.2 Å². The number of nitrogens with zero attached hydrogens (tertiary/aromatic N) is 4. The standard InChI is InChI=1S/C60H78N2O18.C30H38N2O8.C15H22O6.Cl2OS/c1-7-51(63)73-33-13-15-35-75-55(67)39-17-21-43(22-18-39)59(71)79-49-31-29-45(37-47(49)53(65)61(9-3)10-4)77-57(69)41-25-27-42(28-26-41)58(70)78-46-30-32-50(48(38-46)54(66)62(11-5)12-6)80-60(72)44-23-19-40(20-24-44)56(68)76-36-16-14-34-74-52(64)8-2;1-5-31(6-2)27(35)23-17-21(13-15-25(23)33)39-29(37)19-9-11-20(12-10-19)30(38)40-22-14-16-26(34)24(18-22)28(36)32(7-3)8-4;1-2-13(16)20-9-3-4-10-21-15(19)12-7-5-11(6-8-12)14(17)18;1-4(2)3/h7-8,29-32,37-44H,1-2,9-28,33-36H2,3-6H3;13-20,33-34H,5-12H2,1-4H3;2,11-12H,1,3-10H2,(H,17,18);. The number of phenolic OH excluding ortho intramolecular Hbond substituents is 2. The third-order valence-corrected chi connectivity index (χ3v) is 25.8. The van der Waals surface area contributed by atoms with Crippen LogP contribution in [0.2, 0.25) is 0 Å². The van der Waals surface area contributed by atoms with Gasteiger partial charge in [-0.1, -0.05) is 19.7 Å². The lowest BCUT2D eigenvalue weighted by molar-refractivity contribution is -0.153. The first-order valence-electron chi connectivity index (χ1n) is 49.7. The van der Waals surface area contributed by atoms with Gasteiger partial charge in [0.15, 0.2) is 0 Å². The van der Waals surface area contributed by atoms with Crippen LogP contribution < -0.4 is 28.4 Å². The maximum atomic E-state index is 13.8. The Morgan fingerprint density at radius 2 is 0.469 bits per heavy atom. The smallest absolute Gasteiger partial charge is 0.330 e. The van der Waals surface area contributed by atoms with Gasteiger partial charge in [0.2, 0.25) is 9.23 Å². The molecule has 0 bridgehead atoms. The molecule has 40 heteroatoms. The van der Waals surface area contributed by atoms with Gasteiger partial charge in [0.25, 0.3) is 23.6 Å². The van der Waals surface area contributed by atoms with Crippen LogP contribution in [0.25, 0.3) is 0 Å². The molecule has 4 amide bonds. The summed E-state index contributed by atoms with van der Waals surface area (Å²) in [5.41, 5.74) is 0.214. The first-order valence-corrected chi connectivity index (χ1v) is 52.5. The van der Waals surface area contributed by atoms with Crippen LogP contribution in [-0.2, 0) is 100.0 Å².